The normalized spacial score (nSPS) is 10.5. The molecule has 0 aliphatic heterocycles. The van der Waals surface area contributed by atoms with Crippen LogP contribution in [0.2, 0.25) is 0 Å². The van der Waals surface area contributed by atoms with E-state index in [2.05, 4.69) is 10.3 Å². The third-order valence-corrected chi connectivity index (χ3v) is 3.85. The van der Waals surface area contributed by atoms with Crippen LogP contribution >= 0.6 is 0 Å². The lowest BCUT2D eigenvalue weighted by molar-refractivity contribution is -0.115. The molecule has 1 amide bonds. The van der Waals surface area contributed by atoms with E-state index < -0.39 is 5.97 Å². The van der Waals surface area contributed by atoms with E-state index in [1.54, 1.807) is 43.3 Å². The van der Waals surface area contributed by atoms with Crippen molar-refractivity contribution in [3.8, 4) is 0 Å². The summed E-state index contributed by atoms with van der Waals surface area (Å²) in [4.78, 5) is 28.9. The molecule has 0 radical (unpaired) electrons. The molecule has 0 atom stereocenters. The minimum atomic E-state index is -0.472. The summed E-state index contributed by atoms with van der Waals surface area (Å²) >= 11 is 0. The maximum absolute atomic E-state index is 12.4. The van der Waals surface area contributed by atoms with Gasteiger partial charge >= 0.3 is 5.97 Å². The van der Waals surface area contributed by atoms with Gasteiger partial charge in [-0.05, 0) is 31.2 Å². The van der Waals surface area contributed by atoms with Crippen molar-refractivity contribution in [2.24, 2.45) is 0 Å². The van der Waals surface area contributed by atoms with Gasteiger partial charge in [0.25, 0.3) is 0 Å². The van der Waals surface area contributed by atoms with Crippen LogP contribution in [0.4, 0.5) is 11.4 Å². The molecule has 26 heavy (non-hydrogen) atoms. The molecule has 0 spiro atoms. The van der Waals surface area contributed by atoms with E-state index >= 15 is 0 Å². The highest BCUT2D eigenvalue weighted by atomic mass is 16.5. The van der Waals surface area contributed by atoms with Gasteiger partial charge in [-0.2, -0.15) is 0 Å². The third-order valence-electron chi connectivity index (χ3n) is 3.85. The number of fused-ring (bicyclic) bond motifs is 1. The summed E-state index contributed by atoms with van der Waals surface area (Å²) in [6.07, 6.45) is 0.0709. The number of aromatic nitrogens is 1. The number of nitrogens with one attached hydrogen (secondary N) is 1. The summed E-state index contributed by atoms with van der Waals surface area (Å²) in [6.45, 7) is 2.00. The predicted molar refractivity (Wildman–Crippen MR) is 101 cm³/mol. The molecule has 0 bridgehead atoms. The number of nitrogen functional groups attached to an aromatic ring is 1. The quantitative estimate of drug-likeness (QED) is 0.545. The van der Waals surface area contributed by atoms with Gasteiger partial charge < -0.3 is 15.8 Å². The Balaban J connectivity index is 1.78. The summed E-state index contributed by atoms with van der Waals surface area (Å²) in [5, 5.41) is 3.67. The summed E-state index contributed by atoms with van der Waals surface area (Å²) in [5.41, 5.74) is 8.51. The summed E-state index contributed by atoms with van der Waals surface area (Å²) in [6, 6.07) is 16.0. The molecular weight excluding hydrogens is 330 g/mol. The Kier molecular flexibility index (Phi) is 5.12. The largest absolute Gasteiger partial charge is 0.462 e. The maximum Gasteiger partial charge on any atom is 0.340 e. The molecule has 0 saturated carbocycles. The molecule has 0 aliphatic carbocycles. The minimum Gasteiger partial charge on any atom is -0.462 e. The van der Waals surface area contributed by atoms with Gasteiger partial charge in [0.2, 0.25) is 5.91 Å². The number of carbonyl (C=O) groups excluding carboxylic acids is 2. The number of hydrogen-bond acceptors (Lipinski definition) is 5. The van der Waals surface area contributed by atoms with Crippen LogP contribution in [0.5, 0.6) is 0 Å². The van der Waals surface area contributed by atoms with Crippen LogP contribution in [0.3, 0.4) is 0 Å². The number of para-hydroxylation sites is 2. The van der Waals surface area contributed by atoms with E-state index in [1.165, 1.54) is 0 Å². The van der Waals surface area contributed by atoms with Gasteiger partial charge in [-0.25, -0.2) is 4.79 Å². The number of benzene rings is 2. The number of rotatable bonds is 5. The Bertz CT molecular complexity index is 969. The van der Waals surface area contributed by atoms with Crippen LogP contribution in [0, 0.1) is 0 Å². The maximum atomic E-state index is 12.4. The Labute approximate surface area is 151 Å². The van der Waals surface area contributed by atoms with E-state index in [9.17, 15) is 9.59 Å². The monoisotopic (exact) mass is 349 g/mol. The van der Waals surface area contributed by atoms with Gasteiger partial charge in [-0.1, -0.05) is 30.3 Å². The lowest BCUT2D eigenvalue weighted by Crippen LogP contribution is -2.18. The second kappa shape index (κ2) is 7.65. The number of pyridine rings is 1. The summed E-state index contributed by atoms with van der Waals surface area (Å²) in [7, 11) is 0. The molecule has 2 aromatic carbocycles. The van der Waals surface area contributed by atoms with Crippen LogP contribution in [0.1, 0.15) is 23.0 Å². The molecule has 1 aromatic heterocycles. The van der Waals surface area contributed by atoms with E-state index in [0.29, 0.717) is 28.1 Å². The topological polar surface area (TPSA) is 94.3 Å². The number of carbonyl (C=O) groups is 2. The highest BCUT2D eigenvalue weighted by Crippen LogP contribution is 2.20. The van der Waals surface area contributed by atoms with Crippen LogP contribution in [0.15, 0.2) is 54.6 Å². The molecule has 0 fully saturated rings. The zero-order valence-electron chi connectivity index (χ0n) is 14.4. The molecule has 1 heterocycles. The molecule has 3 N–H and O–H groups in total. The van der Waals surface area contributed by atoms with Crippen molar-refractivity contribution < 1.29 is 14.3 Å². The summed E-state index contributed by atoms with van der Waals surface area (Å²) in [5.74, 6) is -0.747. The predicted octanol–water partition coefficient (Wildman–Crippen LogP) is 3.17. The fraction of sp³-hybridized carbons (Fsp3) is 0.150. The Morgan fingerprint density at radius 3 is 2.69 bits per heavy atom. The smallest absolute Gasteiger partial charge is 0.340 e. The van der Waals surface area contributed by atoms with Gasteiger partial charge in [-0.3, -0.25) is 9.78 Å². The van der Waals surface area contributed by atoms with Gasteiger partial charge in [0.15, 0.2) is 0 Å². The van der Waals surface area contributed by atoms with Gasteiger partial charge in [0, 0.05) is 5.39 Å². The molecule has 0 saturated heterocycles. The fourth-order valence-corrected chi connectivity index (χ4v) is 2.65. The number of hydrogen-bond donors (Lipinski definition) is 2. The Morgan fingerprint density at radius 1 is 1.08 bits per heavy atom. The molecular formula is C20H19N3O3. The first-order valence-electron chi connectivity index (χ1n) is 8.28. The van der Waals surface area contributed by atoms with Crippen molar-refractivity contribution in [3.63, 3.8) is 0 Å². The van der Waals surface area contributed by atoms with Gasteiger partial charge in [0.05, 0.1) is 41.2 Å². The van der Waals surface area contributed by atoms with Crippen LogP contribution in [-0.4, -0.2) is 23.5 Å². The van der Waals surface area contributed by atoms with Crippen molar-refractivity contribution in [2.75, 3.05) is 17.7 Å². The SMILES string of the molecule is CCOC(=O)c1ccccc1NC(=O)Cc1ccc2cccc(N)c2n1. The Hall–Kier alpha value is -3.41. The average molecular weight is 349 g/mol. The molecule has 0 aliphatic rings. The first-order chi connectivity index (χ1) is 12.6. The molecule has 132 valence electrons. The van der Waals surface area contributed by atoms with E-state index in [1.807, 2.05) is 18.2 Å². The van der Waals surface area contributed by atoms with E-state index in [-0.39, 0.29) is 18.9 Å². The number of nitrogens with two attached hydrogens (primary N) is 1. The van der Waals surface area contributed by atoms with Gasteiger partial charge in [0.1, 0.15) is 0 Å². The molecule has 3 aromatic rings. The molecule has 6 nitrogen and oxygen atoms in total. The van der Waals surface area contributed by atoms with Gasteiger partial charge in [-0.15, -0.1) is 0 Å². The summed E-state index contributed by atoms with van der Waals surface area (Å²) < 4.78 is 5.01. The lowest BCUT2D eigenvalue weighted by atomic mass is 10.1. The second-order valence-electron chi connectivity index (χ2n) is 5.71. The second-order valence-corrected chi connectivity index (χ2v) is 5.71. The number of amides is 1. The van der Waals surface area contributed by atoms with Crippen molar-refractivity contribution in [1.29, 1.82) is 0 Å². The number of ether oxygens (including phenoxy) is 1. The number of anilines is 2. The van der Waals surface area contributed by atoms with E-state index in [4.69, 9.17) is 10.5 Å². The lowest BCUT2D eigenvalue weighted by Gasteiger charge is -2.10. The zero-order valence-corrected chi connectivity index (χ0v) is 14.4. The number of nitrogens with zero attached hydrogens (tertiary/aromatic N) is 1. The number of esters is 1. The van der Waals surface area contributed by atoms with Crippen molar-refractivity contribution in [2.45, 2.75) is 13.3 Å². The van der Waals surface area contributed by atoms with Crippen molar-refractivity contribution in [1.82, 2.24) is 4.98 Å². The Morgan fingerprint density at radius 2 is 1.88 bits per heavy atom. The van der Waals surface area contributed by atoms with Crippen molar-refractivity contribution in [3.05, 3.63) is 65.9 Å². The zero-order chi connectivity index (χ0) is 18.5. The third kappa shape index (κ3) is 3.80. The first kappa shape index (κ1) is 17.4. The first-order valence-corrected chi connectivity index (χ1v) is 8.28. The highest BCUT2D eigenvalue weighted by Gasteiger charge is 2.14. The van der Waals surface area contributed by atoms with Crippen LogP contribution in [-0.2, 0) is 16.0 Å². The average Bonchev–Trinajstić information content (AvgIpc) is 2.63. The van der Waals surface area contributed by atoms with E-state index in [0.717, 1.165) is 5.39 Å². The van der Waals surface area contributed by atoms with Crippen LogP contribution in [0.25, 0.3) is 10.9 Å². The van der Waals surface area contributed by atoms with Crippen molar-refractivity contribution >= 4 is 34.2 Å². The molecule has 3 rings (SSSR count). The molecule has 0 unspecified atom stereocenters. The standard InChI is InChI=1S/C20H19N3O3/c1-2-26-20(25)15-7-3-4-9-17(15)23-18(24)12-14-11-10-13-6-5-8-16(21)19(13)22-14/h3-11H,2,12,21H2,1H3,(H,23,24). The minimum absolute atomic E-state index is 0.0709. The highest BCUT2D eigenvalue weighted by molar-refractivity contribution is 6.01. The molecule has 6 heteroatoms. The fourth-order valence-electron chi connectivity index (χ4n) is 2.65. The van der Waals surface area contributed by atoms with Crippen LogP contribution < -0.4 is 11.1 Å².